The van der Waals surface area contributed by atoms with Gasteiger partial charge >= 0.3 is 0 Å². The fourth-order valence-corrected chi connectivity index (χ4v) is 3.95. The highest BCUT2D eigenvalue weighted by molar-refractivity contribution is 7.16. The van der Waals surface area contributed by atoms with E-state index < -0.39 is 0 Å². The van der Waals surface area contributed by atoms with Crippen molar-refractivity contribution in [3.8, 4) is 10.6 Å². The van der Waals surface area contributed by atoms with Crippen molar-refractivity contribution >= 4 is 27.8 Å². The minimum Gasteiger partial charge on any atom is -0.375 e. The standard InChI is InChI=1S/C14H21N3S2/c1-8(2)6-10-17-12(14(3,4)5)11(19-10)9-7-18-13(15)16-9/h7-8H,6H2,1-5H3,(H2,15,16). The number of aromatic nitrogens is 2. The molecule has 0 bridgehead atoms. The first kappa shape index (κ1) is 14.5. The van der Waals surface area contributed by atoms with Crippen molar-refractivity contribution in [2.24, 2.45) is 5.92 Å². The van der Waals surface area contributed by atoms with Crippen LogP contribution in [0, 0.1) is 5.92 Å². The Morgan fingerprint density at radius 3 is 2.42 bits per heavy atom. The van der Waals surface area contributed by atoms with Crippen LogP contribution >= 0.6 is 22.7 Å². The van der Waals surface area contributed by atoms with Crippen LogP contribution in [-0.4, -0.2) is 9.97 Å². The first-order valence-corrected chi connectivity index (χ1v) is 8.18. The fourth-order valence-electron chi connectivity index (χ4n) is 1.87. The van der Waals surface area contributed by atoms with Crippen LogP contribution in [0.1, 0.15) is 45.3 Å². The lowest BCUT2D eigenvalue weighted by atomic mass is 9.91. The minimum absolute atomic E-state index is 0.0272. The summed E-state index contributed by atoms with van der Waals surface area (Å²) >= 11 is 3.25. The van der Waals surface area contributed by atoms with Gasteiger partial charge in [0.25, 0.3) is 0 Å². The maximum Gasteiger partial charge on any atom is 0.180 e. The Bertz CT molecular complexity index is 561. The molecule has 0 aliphatic carbocycles. The van der Waals surface area contributed by atoms with Gasteiger partial charge in [-0.25, -0.2) is 9.97 Å². The molecular weight excluding hydrogens is 274 g/mol. The molecule has 0 unspecified atom stereocenters. The molecule has 3 nitrogen and oxygen atoms in total. The van der Waals surface area contributed by atoms with Crippen LogP contribution in [0.5, 0.6) is 0 Å². The predicted octanol–water partition coefficient (Wildman–Crippen LogP) is 4.34. The zero-order chi connectivity index (χ0) is 14.2. The third kappa shape index (κ3) is 3.34. The van der Waals surface area contributed by atoms with Gasteiger partial charge in [0.1, 0.15) is 0 Å². The highest BCUT2D eigenvalue weighted by atomic mass is 32.1. The van der Waals surface area contributed by atoms with Crippen molar-refractivity contribution in [3.63, 3.8) is 0 Å². The third-order valence-electron chi connectivity index (χ3n) is 2.72. The second kappa shape index (κ2) is 5.21. The zero-order valence-electron chi connectivity index (χ0n) is 12.2. The van der Waals surface area contributed by atoms with Crippen LogP contribution < -0.4 is 5.73 Å². The van der Waals surface area contributed by atoms with Crippen LogP contribution in [0.4, 0.5) is 5.13 Å². The molecule has 0 radical (unpaired) electrons. The first-order chi connectivity index (χ1) is 8.77. The molecule has 0 amide bonds. The number of rotatable bonds is 3. The van der Waals surface area contributed by atoms with E-state index in [1.807, 2.05) is 5.38 Å². The van der Waals surface area contributed by atoms with E-state index in [1.54, 1.807) is 11.3 Å². The third-order valence-corrected chi connectivity index (χ3v) is 4.49. The molecule has 104 valence electrons. The van der Waals surface area contributed by atoms with Crippen LogP contribution in [0.25, 0.3) is 10.6 Å². The Balaban J connectivity index is 2.48. The van der Waals surface area contributed by atoms with Crippen LogP contribution in [0.3, 0.4) is 0 Å². The molecule has 0 fully saturated rings. The van der Waals surface area contributed by atoms with Crippen LogP contribution in [-0.2, 0) is 11.8 Å². The smallest absolute Gasteiger partial charge is 0.180 e. The van der Waals surface area contributed by atoms with Gasteiger partial charge in [0.2, 0.25) is 0 Å². The monoisotopic (exact) mass is 295 g/mol. The lowest BCUT2D eigenvalue weighted by Crippen LogP contribution is -2.13. The summed E-state index contributed by atoms with van der Waals surface area (Å²) in [7, 11) is 0. The molecule has 2 aromatic rings. The number of hydrogen-bond donors (Lipinski definition) is 1. The van der Waals surface area contributed by atoms with Gasteiger partial charge < -0.3 is 5.73 Å². The second-order valence-corrected chi connectivity index (χ2v) is 8.18. The largest absolute Gasteiger partial charge is 0.375 e. The van der Waals surface area contributed by atoms with E-state index in [-0.39, 0.29) is 5.41 Å². The van der Waals surface area contributed by atoms with Gasteiger partial charge in [-0.15, -0.1) is 22.7 Å². The van der Waals surface area contributed by atoms with E-state index in [1.165, 1.54) is 21.2 Å². The van der Waals surface area contributed by atoms with Gasteiger partial charge in [0, 0.05) is 17.2 Å². The SMILES string of the molecule is CC(C)Cc1nc(C(C)(C)C)c(-c2csc(N)n2)s1. The van der Waals surface area contributed by atoms with E-state index >= 15 is 0 Å². The van der Waals surface area contributed by atoms with Gasteiger partial charge in [-0.1, -0.05) is 34.6 Å². The summed E-state index contributed by atoms with van der Waals surface area (Å²) in [5.41, 5.74) is 7.89. The first-order valence-electron chi connectivity index (χ1n) is 6.49. The Labute approximate surface area is 122 Å². The van der Waals surface area contributed by atoms with Gasteiger partial charge in [0.15, 0.2) is 5.13 Å². The van der Waals surface area contributed by atoms with Crippen molar-refractivity contribution in [1.29, 1.82) is 0 Å². The van der Waals surface area contributed by atoms with Crippen molar-refractivity contribution in [2.45, 2.75) is 46.5 Å². The molecule has 0 aliphatic rings. The van der Waals surface area contributed by atoms with Crippen molar-refractivity contribution in [1.82, 2.24) is 9.97 Å². The van der Waals surface area contributed by atoms with Crippen molar-refractivity contribution < 1.29 is 0 Å². The molecule has 19 heavy (non-hydrogen) atoms. The Hall–Kier alpha value is -0.940. The predicted molar refractivity (Wildman–Crippen MR) is 84.9 cm³/mol. The molecular formula is C14H21N3S2. The van der Waals surface area contributed by atoms with E-state index in [0.29, 0.717) is 11.0 Å². The van der Waals surface area contributed by atoms with E-state index in [4.69, 9.17) is 10.7 Å². The Morgan fingerprint density at radius 2 is 1.95 bits per heavy atom. The van der Waals surface area contributed by atoms with E-state index in [0.717, 1.165) is 17.8 Å². The maximum absolute atomic E-state index is 5.75. The lowest BCUT2D eigenvalue weighted by molar-refractivity contribution is 0.567. The Morgan fingerprint density at radius 1 is 1.26 bits per heavy atom. The summed E-state index contributed by atoms with van der Waals surface area (Å²) in [5, 5.41) is 3.84. The summed E-state index contributed by atoms with van der Waals surface area (Å²) in [6, 6.07) is 0. The molecule has 2 N–H and O–H groups in total. The quantitative estimate of drug-likeness (QED) is 0.916. The summed E-state index contributed by atoms with van der Waals surface area (Å²) in [6.45, 7) is 11.0. The number of nitrogens with two attached hydrogens (primary N) is 1. The molecule has 0 spiro atoms. The molecule has 0 saturated carbocycles. The van der Waals surface area contributed by atoms with Gasteiger partial charge in [-0.2, -0.15) is 0 Å². The van der Waals surface area contributed by atoms with Gasteiger partial charge in [0.05, 0.1) is 21.3 Å². The summed E-state index contributed by atoms with van der Waals surface area (Å²) < 4.78 is 0. The second-order valence-electron chi connectivity index (χ2n) is 6.20. The zero-order valence-corrected chi connectivity index (χ0v) is 13.8. The molecule has 0 aliphatic heterocycles. The molecule has 2 rings (SSSR count). The van der Waals surface area contributed by atoms with Gasteiger partial charge in [-0.05, 0) is 5.92 Å². The number of nitrogen functional groups attached to an aromatic ring is 1. The highest BCUT2D eigenvalue weighted by Crippen LogP contribution is 2.38. The molecule has 5 heteroatoms. The highest BCUT2D eigenvalue weighted by Gasteiger charge is 2.25. The summed E-state index contributed by atoms with van der Waals surface area (Å²) in [6.07, 6.45) is 1.02. The summed E-state index contributed by atoms with van der Waals surface area (Å²) in [5.74, 6) is 0.618. The van der Waals surface area contributed by atoms with E-state index in [2.05, 4.69) is 39.6 Å². The average molecular weight is 295 g/mol. The van der Waals surface area contributed by atoms with Crippen LogP contribution in [0.15, 0.2) is 5.38 Å². The van der Waals surface area contributed by atoms with Crippen molar-refractivity contribution in [3.05, 3.63) is 16.1 Å². The minimum atomic E-state index is 0.0272. The Kier molecular flexibility index (Phi) is 3.97. The lowest BCUT2D eigenvalue weighted by Gasteiger charge is -2.16. The molecule has 0 saturated heterocycles. The number of nitrogens with zero attached hydrogens (tertiary/aromatic N) is 2. The number of anilines is 1. The average Bonchev–Trinajstić information content (AvgIpc) is 2.82. The molecule has 0 atom stereocenters. The number of hydrogen-bond acceptors (Lipinski definition) is 5. The fraction of sp³-hybridized carbons (Fsp3) is 0.571. The molecule has 2 heterocycles. The maximum atomic E-state index is 5.75. The summed E-state index contributed by atoms with van der Waals surface area (Å²) in [4.78, 5) is 10.4. The van der Waals surface area contributed by atoms with Gasteiger partial charge in [-0.3, -0.25) is 0 Å². The van der Waals surface area contributed by atoms with Crippen molar-refractivity contribution in [2.75, 3.05) is 5.73 Å². The topological polar surface area (TPSA) is 51.8 Å². The molecule has 2 aromatic heterocycles. The normalized spacial score (nSPS) is 12.3. The number of thiazole rings is 2. The molecule has 0 aromatic carbocycles. The van der Waals surface area contributed by atoms with E-state index in [9.17, 15) is 0 Å². The van der Waals surface area contributed by atoms with Crippen LogP contribution in [0.2, 0.25) is 0 Å².